The number of carbonyl (C=O) groups excluding carboxylic acids is 2. The molecule has 0 unspecified atom stereocenters. The van der Waals surface area contributed by atoms with Crippen molar-refractivity contribution in [1.82, 2.24) is 0 Å². The minimum Gasteiger partial charge on any atom is -0.464 e. The van der Waals surface area contributed by atoms with Crippen LogP contribution in [0, 0.1) is 0 Å². The smallest absolute Gasteiger partial charge is 0.354 e. The molecule has 4 N–H and O–H groups in total. The molecule has 1 amide bonds. The van der Waals surface area contributed by atoms with Crippen molar-refractivity contribution < 1.29 is 14.3 Å². The largest absolute Gasteiger partial charge is 0.464 e. The first kappa shape index (κ1) is 8.48. The van der Waals surface area contributed by atoms with Crippen LogP contribution in [0.25, 0.3) is 0 Å². The SMILES string of the molecule is COC(=O)/C(N)=C/C(N)=O. The standard InChI is InChI=1S/C5H8N2O3/c1-10-5(9)3(6)2-4(7)8/h2H,6H2,1H3,(H2,7,8)/b3-2-. The Hall–Kier alpha value is -1.52. The molecule has 0 atom stereocenters. The first-order chi connectivity index (χ1) is 4.57. The van der Waals surface area contributed by atoms with Crippen molar-refractivity contribution in [3.05, 3.63) is 11.8 Å². The Bertz CT molecular complexity index is 185. The fourth-order valence-corrected chi connectivity index (χ4v) is 0.330. The van der Waals surface area contributed by atoms with Crippen LogP contribution in [-0.4, -0.2) is 19.0 Å². The van der Waals surface area contributed by atoms with Crippen molar-refractivity contribution in [1.29, 1.82) is 0 Å². The summed E-state index contributed by atoms with van der Waals surface area (Å²) in [6.45, 7) is 0. The van der Waals surface area contributed by atoms with Crippen molar-refractivity contribution in [2.75, 3.05) is 7.11 Å². The van der Waals surface area contributed by atoms with E-state index in [1.165, 1.54) is 0 Å². The second-order valence-corrected chi connectivity index (χ2v) is 1.49. The Labute approximate surface area is 57.6 Å². The quantitative estimate of drug-likeness (QED) is 0.363. The number of amides is 1. The summed E-state index contributed by atoms with van der Waals surface area (Å²) in [5.41, 5.74) is 9.40. The molecule has 0 aliphatic rings. The molecule has 0 aliphatic heterocycles. The summed E-state index contributed by atoms with van der Waals surface area (Å²) in [5, 5.41) is 0. The summed E-state index contributed by atoms with van der Waals surface area (Å²) in [7, 11) is 1.16. The molecule has 0 spiro atoms. The van der Waals surface area contributed by atoms with Crippen LogP contribution in [-0.2, 0) is 14.3 Å². The first-order valence-electron chi connectivity index (χ1n) is 2.43. The van der Waals surface area contributed by atoms with Gasteiger partial charge >= 0.3 is 5.97 Å². The van der Waals surface area contributed by atoms with E-state index in [1.54, 1.807) is 0 Å². The molecular formula is C5H8N2O3. The van der Waals surface area contributed by atoms with Crippen LogP contribution in [0.4, 0.5) is 0 Å². The maximum absolute atomic E-state index is 10.4. The molecule has 0 aromatic rings. The van der Waals surface area contributed by atoms with Crippen LogP contribution in [0.3, 0.4) is 0 Å². The molecule has 5 nitrogen and oxygen atoms in total. The average Bonchev–Trinajstić information content (AvgIpc) is 1.85. The van der Waals surface area contributed by atoms with Gasteiger partial charge in [-0.3, -0.25) is 4.79 Å². The highest BCUT2D eigenvalue weighted by Crippen LogP contribution is 1.85. The van der Waals surface area contributed by atoms with E-state index in [-0.39, 0.29) is 5.70 Å². The van der Waals surface area contributed by atoms with E-state index >= 15 is 0 Å². The molecule has 0 heterocycles. The van der Waals surface area contributed by atoms with Gasteiger partial charge in [0.1, 0.15) is 5.70 Å². The van der Waals surface area contributed by atoms with Gasteiger partial charge in [-0.15, -0.1) is 0 Å². The van der Waals surface area contributed by atoms with Gasteiger partial charge < -0.3 is 16.2 Å². The van der Waals surface area contributed by atoms with Gasteiger partial charge in [-0.25, -0.2) is 4.79 Å². The van der Waals surface area contributed by atoms with E-state index in [9.17, 15) is 9.59 Å². The lowest BCUT2D eigenvalue weighted by atomic mass is 10.4. The van der Waals surface area contributed by atoms with Gasteiger partial charge in [0.05, 0.1) is 7.11 Å². The van der Waals surface area contributed by atoms with Crippen LogP contribution in [0.5, 0.6) is 0 Å². The predicted octanol–water partition coefficient (Wildman–Crippen LogP) is -1.51. The zero-order valence-electron chi connectivity index (χ0n) is 5.46. The number of esters is 1. The Morgan fingerprint density at radius 3 is 2.20 bits per heavy atom. The van der Waals surface area contributed by atoms with Gasteiger partial charge in [0.15, 0.2) is 0 Å². The number of nitrogens with two attached hydrogens (primary N) is 2. The Morgan fingerprint density at radius 2 is 1.90 bits per heavy atom. The molecule has 0 aromatic carbocycles. The first-order valence-corrected chi connectivity index (χ1v) is 2.43. The maximum Gasteiger partial charge on any atom is 0.354 e. The fourth-order valence-electron chi connectivity index (χ4n) is 0.330. The van der Waals surface area contributed by atoms with Crippen molar-refractivity contribution in [3.63, 3.8) is 0 Å². The van der Waals surface area contributed by atoms with Crippen LogP contribution in [0.2, 0.25) is 0 Å². The summed E-state index contributed by atoms with van der Waals surface area (Å²) in [6.07, 6.45) is 0.797. The van der Waals surface area contributed by atoms with E-state index in [1.807, 2.05) is 0 Å². The minimum atomic E-state index is -0.775. The Balaban J connectivity index is 4.19. The van der Waals surface area contributed by atoms with Crippen LogP contribution >= 0.6 is 0 Å². The van der Waals surface area contributed by atoms with Gasteiger partial charge in [-0.1, -0.05) is 0 Å². The minimum absolute atomic E-state index is 0.296. The van der Waals surface area contributed by atoms with Gasteiger partial charge in [-0.2, -0.15) is 0 Å². The average molecular weight is 144 g/mol. The Kier molecular flexibility index (Phi) is 2.96. The van der Waals surface area contributed by atoms with Crippen LogP contribution in [0.1, 0.15) is 0 Å². The van der Waals surface area contributed by atoms with Gasteiger partial charge in [0.25, 0.3) is 0 Å². The van der Waals surface area contributed by atoms with Crippen LogP contribution in [0.15, 0.2) is 11.8 Å². The summed E-state index contributed by atoms with van der Waals surface area (Å²) >= 11 is 0. The lowest BCUT2D eigenvalue weighted by Gasteiger charge is -1.95. The highest BCUT2D eigenvalue weighted by atomic mass is 16.5. The zero-order valence-corrected chi connectivity index (χ0v) is 5.46. The topological polar surface area (TPSA) is 95.4 Å². The Morgan fingerprint density at radius 1 is 1.40 bits per heavy atom. The van der Waals surface area contributed by atoms with E-state index in [0.29, 0.717) is 0 Å². The highest BCUT2D eigenvalue weighted by Gasteiger charge is 2.03. The lowest BCUT2D eigenvalue weighted by molar-refractivity contribution is -0.136. The number of rotatable bonds is 2. The number of primary amides is 1. The summed E-state index contributed by atoms with van der Waals surface area (Å²) in [4.78, 5) is 20.5. The van der Waals surface area contributed by atoms with Gasteiger partial charge in [-0.05, 0) is 0 Å². The van der Waals surface area contributed by atoms with E-state index in [2.05, 4.69) is 10.5 Å². The summed E-state index contributed by atoms with van der Waals surface area (Å²) in [6, 6.07) is 0. The molecule has 5 heteroatoms. The number of methoxy groups -OCH3 is 1. The zero-order chi connectivity index (χ0) is 8.15. The van der Waals surface area contributed by atoms with Crippen LogP contribution < -0.4 is 11.5 Å². The molecule has 0 aliphatic carbocycles. The molecule has 0 bridgehead atoms. The number of carbonyl (C=O) groups is 2. The molecule has 56 valence electrons. The lowest BCUT2D eigenvalue weighted by Crippen LogP contribution is -2.17. The molecule has 0 saturated carbocycles. The highest BCUT2D eigenvalue weighted by molar-refractivity contribution is 5.96. The van der Waals surface area contributed by atoms with Gasteiger partial charge in [0, 0.05) is 6.08 Å². The summed E-state index contributed by atoms with van der Waals surface area (Å²) in [5.74, 6) is -1.54. The monoisotopic (exact) mass is 144 g/mol. The van der Waals surface area contributed by atoms with Crippen molar-refractivity contribution in [2.24, 2.45) is 11.5 Å². The number of ether oxygens (including phenoxy) is 1. The van der Waals surface area contributed by atoms with E-state index in [0.717, 1.165) is 13.2 Å². The molecule has 10 heavy (non-hydrogen) atoms. The molecule has 0 aromatic heterocycles. The molecule has 0 rings (SSSR count). The van der Waals surface area contributed by atoms with Crippen molar-refractivity contribution in [3.8, 4) is 0 Å². The summed E-state index contributed by atoms with van der Waals surface area (Å²) < 4.78 is 4.17. The molecular weight excluding hydrogens is 136 g/mol. The van der Waals surface area contributed by atoms with Gasteiger partial charge in [0.2, 0.25) is 5.91 Å². The number of hydrogen-bond donors (Lipinski definition) is 2. The third-order valence-electron chi connectivity index (χ3n) is 0.719. The third kappa shape index (κ3) is 2.71. The van der Waals surface area contributed by atoms with E-state index in [4.69, 9.17) is 5.73 Å². The molecule has 0 saturated heterocycles. The fraction of sp³-hybridized carbons (Fsp3) is 0.200. The maximum atomic E-state index is 10.4. The van der Waals surface area contributed by atoms with E-state index < -0.39 is 11.9 Å². The molecule has 0 fully saturated rings. The van der Waals surface area contributed by atoms with Crippen molar-refractivity contribution >= 4 is 11.9 Å². The third-order valence-corrected chi connectivity index (χ3v) is 0.719. The second-order valence-electron chi connectivity index (χ2n) is 1.49. The second kappa shape index (κ2) is 3.49. The predicted molar refractivity (Wildman–Crippen MR) is 33.5 cm³/mol. The normalized spacial score (nSPS) is 10.7. The molecule has 0 radical (unpaired) electrons. The van der Waals surface area contributed by atoms with Crippen molar-refractivity contribution in [2.45, 2.75) is 0 Å². The number of hydrogen-bond acceptors (Lipinski definition) is 4.